The van der Waals surface area contributed by atoms with E-state index in [1.807, 2.05) is 25.1 Å². The van der Waals surface area contributed by atoms with Gasteiger partial charge in [-0.05, 0) is 105 Å². The van der Waals surface area contributed by atoms with Gasteiger partial charge in [0, 0.05) is 5.92 Å². The summed E-state index contributed by atoms with van der Waals surface area (Å²) in [5.41, 5.74) is 1.09. The SMILES string of the molecule is CC[C@H](C(=O)Cn1nnc2c(OC)cccc21)[C@@]1(C)CC[C@@H]2C3CC[C@@](C)(O)C[C@H]3CC[C@H]2[C@@H]1C. The molecule has 1 aromatic carbocycles. The van der Waals surface area contributed by atoms with Crippen LogP contribution in [0.15, 0.2) is 18.2 Å². The van der Waals surface area contributed by atoms with Gasteiger partial charge in [0.2, 0.25) is 0 Å². The minimum Gasteiger partial charge on any atom is -0.494 e. The first-order valence-corrected chi connectivity index (χ1v) is 13.8. The van der Waals surface area contributed by atoms with E-state index in [1.54, 1.807) is 11.8 Å². The Bertz CT molecular complexity index is 1080. The summed E-state index contributed by atoms with van der Waals surface area (Å²) in [6.07, 6.45) is 8.77. The van der Waals surface area contributed by atoms with Crippen LogP contribution in [0.1, 0.15) is 79.1 Å². The lowest BCUT2D eigenvalue weighted by Crippen LogP contribution is -2.53. The summed E-state index contributed by atoms with van der Waals surface area (Å²) in [6, 6.07) is 5.76. The lowest BCUT2D eigenvalue weighted by molar-refractivity contribution is -0.139. The zero-order valence-electron chi connectivity index (χ0n) is 22.2. The number of Topliss-reactive ketones (excluding diaryl/α,β-unsaturated/α-hetero) is 1. The van der Waals surface area contributed by atoms with Crippen molar-refractivity contribution in [2.45, 2.75) is 91.2 Å². The molecule has 1 unspecified atom stereocenters. The minimum absolute atomic E-state index is 0.00801. The van der Waals surface area contributed by atoms with E-state index in [1.165, 1.54) is 25.7 Å². The van der Waals surface area contributed by atoms with E-state index in [9.17, 15) is 9.90 Å². The average molecular weight is 482 g/mol. The van der Waals surface area contributed by atoms with Crippen LogP contribution in [-0.2, 0) is 11.3 Å². The molecule has 0 saturated heterocycles. The molecule has 0 amide bonds. The molecule has 35 heavy (non-hydrogen) atoms. The van der Waals surface area contributed by atoms with Gasteiger partial charge in [-0.15, -0.1) is 5.10 Å². The summed E-state index contributed by atoms with van der Waals surface area (Å²) < 4.78 is 7.18. The zero-order chi connectivity index (χ0) is 25.0. The van der Waals surface area contributed by atoms with Gasteiger partial charge < -0.3 is 9.84 Å². The quantitative estimate of drug-likeness (QED) is 0.576. The number of aromatic nitrogens is 3. The van der Waals surface area contributed by atoms with Gasteiger partial charge >= 0.3 is 0 Å². The molecule has 1 heterocycles. The molecule has 1 N–H and O–H groups in total. The van der Waals surface area contributed by atoms with E-state index in [-0.39, 0.29) is 23.7 Å². The molecule has 0 bridgehead atoms. The number of rotatable bonds is 6. The number of methoxy groups -OCH3 is 1. The number of carbonyl (C=O) groups is 1. The molecule has 6 heteroatoms. The Morgan fingerprint density at radius 2 is 1.94 bits per heavy atom. The maximum atomic E-state index is 13.8. The van der Waals surface area contributed by atoms with E-state index in [0.29, 0.717) is 29.0 Å². The van der Waals surface area contributed by atoms with E-state index in [0.717, 1.165) is 43.0 Å². The van der Waals surface area contributed by atoms with Crippen LogP contribution in [0.3, 0.4) is 0 Å². The van der Waals surface area contributed by atoms with Crippen molar-refractivity contribution in [1.82, 2.24) is 15.0 Å². The standard InChI is InChI=1S/C29H43N3O3/c1-6-23(25(33)17-32-24-8-7-9-26(35-5)27(24)30-31-32)29(4)15-13-22-20(18(29)2)11-10-19-16-28(3,34)14-12-21(19)22/h7-9,18-23,34H,6,10-17H2,1-5H3/t18-,19+,20-,21?,22-,23+,28+,29-/m0/s1. The van der Waals surface area contributed by atoms with Crippen molar-refractivity contribution in [3.05, 3.63) is 18.2 Å². The maximum absolute atomic E-state index is 13.8. The van der Waals surface area contributed by atoms with E-state index in [2.05, 4.69) is 31.1 Å². The normalized spacial score (nSPS) is 37.9. The number of nitrogens with zero attached hydrogens (tertiary/aromatic N) is 3. The fraction of sp³-hybridized carbons (Fsp3) is 0.759. The second kappa shape index (κ2) is 9.17. The Morgan fingerprint density at radius 3 is 2.69 bits per heavy atom. The Morgan fingerprint density at radius 1 is 1.17 bits per heavy atom. The second-order valence-corrected chi connectivity index (χ2v) is 12.4. The van der Waals surface area contributed by atoms with Crippen molar-refractivity contribution in [3.8, 4) is 5.75 Å². The van der Waals surface area contributed by atoms with Crippen molar-refractivity contribution in [2.75, 3.05) is 7.11 Å². The third-order valence-electron chi connectivity index (χ3n) is 10.6. The summed E-state index contributed by atoms with van der Waals surface area (Å²) in [5, 5.41) is 19.3. The third kappa shape index (κ3) is 4.20. The highest BCUT2D eigenvalue weighted by Crippen LogP contribution is 2.60. The van der Waals surface area contributed by atoms with Crippen LogP contribution >= 0.6 is 0 Å². The van der Waals surface area contributed by atoms with Crippen LogP contribution in [0.25, 0.3) is 11.0 Å². The van der Waals surface area contributed by atoms with Gasteiger partial charge in [0.15, 0.2) is 11.3 Å². The van der Waals surface area contributed by atoms with Gasteiger partial charge in [-0.2, -0.15) is 0 Å². The third-order valence-corrected chi connectivity index (χ3v) is 10.6. The number of ketones is 1. The monoisotopic (exact) mass is 481 g/mol. The zero-order valence-corrected chi connectivity index (χ0v) is 22.2. The molecule has 3 fully saturated rings. The Kier molecular flexibility index (Phi) is 6.48. The molecule has 5 rings (SSSR count). The topological polar surface area (TPSA) is 77.2 Å². The minimum atomic E-state index is -0.474. The van der Waals surface area contributed by atoms with Crippen molar-refractivity contribution in [2.24, 2.45) is 40.9 Å². The van der Waals surface area contributed by atoms with Crippen LogP contribution in [0, 0.1) is 40.9 Å². The summed E-state index contributed by atoms with van der Waals surface area (Å²) >= 11 is 0. The Hall–Kier alpha value is -1.95. The van der Waals surface area contributed by atoms with Crippen molar-refractivity contribution in [1.29, 1.82) is 0 Å². The number of fused-ring (bicyclic) bond motifs is 4. The molecular weight excluding hydrogens is 438 g/mol. The van der Waals surface area contributed by atoms with Crippen molar-refractivity contribution >= 4 is 16.8 Å². The predicted molar refractivity (Wildman–Crippen MR) is 137 cm³/mol. The van der Waals surface area contributed by atoms with Gasteiger partial charge in [0.25, 0.3) is 0 Å². The van der Waals surface area contributed by atoms with Gasteiger partial charge in [0.1, 0.15) is 12.3 Å². The highest BCUT2D eigenvalue weighted by Gasteiger charge is 2.54. The predicted octanol–water partition coefficient (Wildman–Crippen LogP) is 5.66. The molecule has 3 saturated carbocycles. The van der Waals surface area contributed by atoms with Crippen LogP contribution in [0.5, 0.6) is 5.75 Å². The maximum Gasteiger partial charge on any atom is 0.157 e. The number of hydrogen-bond donors (Lipinski definition) is 1. The van der Waals surface area contributed by atoms with E-state index < -0.39 is 5.60 Å². The second-order valence-electron chi connectivity index (χ2n) is 12.4. The van der Waals surface area contributed by atoms with Crippen LogP contribution in [-0.4, -0.2) is 38.6 Å². The molecule has 6 nitrogen and oxygen atoms in total. The molecule has 192 valence electrons. The number of ether oxygens (including phenoxy) is 1. The lowest BCUT2D eigenvalue weighted by Gasteiger charge is -2.58. The number of aliphatic hydroxyl groups is 1. The van der Waals surface area contributed by atoms with Gasteiger partial charge in [-0.1, -0.05) is 32.1 Å². The molecule has 3 aliphatic rings. The smallest absolute Gasteiger partial charge is 0.157 e. The van der Waals surface area contributed by atoms with Gasteiger partial charge in [0.05, 0.1) is 18.2 Å². The lowest BCUT2D eigenvalue weighted by atomic mass is 9.47. The van der Waals surface area contributed by atoms with Gasteiger partial charge in [-0.25, -0.2) is 4.68 Å². The number of hydrogen-bond acceptors (Lipinski definition) is 5. The molecule has 2 aromatic rings. The fourth-order valence-corrected chi connectivity index (χ4v) is 8.65. The molecule has 8 atom stereocenters. The van der Waals surface area contributed by atoms with E-state index >= 15 is 0 Å². The van der Waals surface area contributed by atoms with Crippen LogP contribution in [0.4, 0.5) is 0 Å². The fourth-order valence-electron chi connectivity index (χ4n) is 8.65. The van der Waals surface area contributed by atoms with Crippen LogP contribution in [0.2, 0.25) is 0 Å². The average Bonchev–Trinajstić information content (AvgIpc) is 3.24. The number of carbonyl (C=O) groups excluding carboxylic acids is 1. The largest absolute Gasteiger partial charge is 0.494 e. The Labute approximate surface area is 209 Å². The molecule has 0 spiro atoms. The molecule has 3 aliphatic carbocycles. The van der Waals surface area contributed by atoms with Gasteiger partial charge in [-0.3, -0.25) is 4.79 Å². The van der Waals surface area contributed by atoms with Crippen LogP contribution < -0.4 is 4.74 Å². The highest BCUT2D eigenvalue weighted by molar-refractivity contribution is 5.85. The summed E-state index contributed by atoms with van der Waals surface area (Å²) in [7, 11) is 1.63. The van der Waals surface area contributed by atoms with Crippen molar-refractivity contribution < 1.29 is 14.6 Å². The molecule has 0 aliphatic heterocycles. The summed E-state index contributed by atoms with van der Waals surface area (Å²) in [4.78, 5) is 13.8. The highest BCUT2D eigenvalue weighted by atomic mass is 16.5. The molecule has 0 radical (unpaired) electrons. The Balaban J connectivity index is 1.34. The van der Waals surface area contributed by atoms with Crippen molar-refractivity contribution in [3.63, 3.8) is 0 Å². The summed E-state index contributed by atoms with van der Waals surface area (Å²) in [5.74, 6) is 4.39. The first-order chi connectivity index (χ1) is 16.7. The first-order valence-electron chi connectivity index (χ1n) is 13.8. The van der Waals surface area contributed by atoms with E-state index in [4.69, 9.17) is 4.74 Å². The number of benzene rings is 1. The molecular formula is C29H43N3O3. The summed E-state index contributed by atoms with van der Waals surface area (Å²) in [6.45, 7) is 9.29. The molecule has 1 aromatic heterocycles. The first kappa shape index (κ1) is 24.7.